The lowest BCUT2D eigenvalue weighted by molar-refractivity contribution is -0.682. The lowest BCUT2D eigenvalue weighted by atomic mass is 10.1. The van der Waals surface area contributed by atoms with Crippen LogP contribution in [-0.2, 0) is 4.79 Å². The summed E-state index contributed by atoms with van der Waals surface area (Å²) in [4.78, 5) is 12.2. The zero-order valence-corrected chi connectivity index (χ0v) is 13.8. The number of hydrogen-bond donors (Lipinski definition) is 2. The molecule has 3 rings (SSSR count). The second kappa shape index (κ2) is 7.40. The Morgan fingerprint density at radius 1 is 1.04 bits per heavy atom. The van der Waals surface area contributed by atoms with Crippen LogP contribution < -0.4 is 10.6 Å². The van der Waals surface area contributed by atoms with Gasteiger partial charge in [0, 0.05) is 16.6 Å². The molecule has 0 aliphatic rings. The Kier molecular flexibility index (Phi) is 5.05. The smallest absolute Gasteiger partial charge is 0.279 e. The van der Waals surface area contributed by atoms with Crippen molar-refractivity contribution in [3.8, 4) is 0 Å². The Balaban J connectivity index is 1.63. The third-order valence-corrected chi connectivity index (χ3v) is 4.19. The van der Waals surface area contributed by atoms with Crippen molar-refractivity contribution in [1.29, 1.82) is 0 Å². The molecule has 3 aromatic rings. The van der Waals surface area contributed by atoms with Crippen LogP contribution in [0.4, 0.5) is 14.5 Å². The molecule has 0 saturated carbocycles. The van der Waals surface area contributed by atoms with Gasteiger partial charge in [-0.05, 0) is 36.6 Å². The maximum Gasteiger partial charge on any atom is 0.279 e. The van der Waals surface area contributed by atoms with Crippen LogP contribution in [0.25, 0.3) is 10.8 Å². The molecule has 0 aromatic heterocycles. The molecule has 0 unspecified atom stereocenters. The highest BCUT2D eigenvalue weighted by Gasteiger charge is 2.14. The van der Waals surface area contributed by atoms with Crippen molar-refractivity contribution < 1.29 is 18.9 Å². The first kappa shape index (κ1) is 17.0. The third kappa shape index (κ3) is 4.00. The molecular weight excluding hydrogens is 322 g/mol. The van der Waals surface area contributed by atoms with Crippen LogP contribution in [0, 0.1) is 11.6 Å². The molecular formula is C20H19F2N2O+. The Morgan fingerprint density at radius 2 is 1.80 bits per heavy atom. The fourth-order valence-electron chi connectivity index (χ4n) is 2.75. The van der Waals surface area contributed by atoms with Crippen LogP contribution in [0.5, 0.6) is 0 Å². The molecule has 0 aliphatic carbocycles. The number of halogens is 2. The van der Waals surface area contributed by atoms with Crippen LogP contribution in [0.2, 0.25) is 0 Å². The van der Waals surface area contributed by atoms with Crippen molar-refractivity contribution in [1.82, 2.24) is 0 Å². The van der Waals surface area contributed by atoms with E-state index in [1.54, 1.807) is 5.32 Å². The van der Waals surface area contributed by atoms with Gasteiger partial charge in [0.2, 0.25) is 0 Å². The van der Waals surface area contributed by atoms with Crippen LogP contribution in [0.3, 0.4) is 0 Å². The van der Waals surface area contributed by atoms with Gasteiger partial charge in [0.15, 0.2) is 18.2 Å². The van der Waals surface area contributed by atoms with Crippen LogP contribution >= 0.6 is 0 Å². The minimum atomic E-state index is -0.877. The number of nitrogens with one attached hydrogen (secondary N) is 1. The number of amides is 1. The predicted octanol–water partition coefficient (Wildman–Crippen LogP) is 3.38. The molecule has 0 heterocycles. The number of carbonyl (C=O) groups is 1. The summed E-state index contributed by atoms with van der Waals surface area (Å²) in [6.45, 7) is 2.03. The average Bonchev–Trinajstić information content (AvgIpc) is 2.62. The normalized spacial score (nSPS) is 12.1. The molecule has 0 aliphatic heterocycles. The van der Waals surface area contributed by atoms with Gasteiger partial charge in [-0.25, -0.2) is 8.78 Å². The van der Waals surface area contributed by atoms with E-state index in [9.17, 15) is 13.6 Å². The zero-order chi connectivity index (χ0) is 17.8. The SMILES string of the molecule is C[C@@H]([NH2+]CC(=O)Nc1cccc2ccccc12)c1ccc(F)c(F)c1. The molecule has 1 amide bonds. The maximum atomic E-state index is 13.3. The number of carbonyl (C=O) groups excluding carboxylic acids is 1. The van der Waals surface area contributed by atoms with E-state index >= 15 is 0 Å². The van der Waals surface area contributed by atoms with Crippen molar-refractivity contribution in [3.63, 3.8) is 0 Å². The van der Waals surface area contributed by atoms with Crippen LogP contribution in [-0.4, -0.2) is 12.5 Å². The fourth-order valence-corrected chi connectivity index (χ4v) is 2.75. The topological polar surface area (TPSA) is 45.7 Å². The van der Waals surface area contributed by atoms with E-state index in [2.05, 4.69) is 5.32 Å². The van der Waals surface area contributed by atoms with Gasteiger partial charge >= 0.3 is 0 Å². The minimum Gasteiger partial charge on any atom is -0.333 e. The fraction of sp³-hybridized carbons (Fsp3) is 0.150. The standard InChI is InChI=1S/C20H18F2N2O/c1-13(15-9-10-17(21)18(22)11-15)23-12-20(25)24-19-8-4-6-14-5-2-3-7-16(14)19/h2-11,13,23H,12H2,1H3,(H,24,25)/p+1/t13-/m1/s1. The molecule has 3 nitrogen and oxygen atoms in total. The highest BCUT2D eigenvalue weighted by atomic mass is 19.2. The molecule has 0 spiro atoms. The van der Waals surface area contributed by atoms with Gasteiger partial charge in [-0.1, -0.05) is 36.4 Å². The van der Waals surface area contributed by atoms with E-state index in [1.165, 1.54) is 12.1 Å². The summed E-state index contributed by atoms with van der Waals surface area (Å²) in [6, 6.07) is 17.2. The van der Waals surface area contributed by atoms with Crippen molar-refractivity contribution in [2.24, 2.45) is 0 Å². The Morgan fingerprint density at radius 3 is 2.60 bits per heavy atom. The summed E-state index contributed by atoms with van der Waals surface area (Å²) >= 11 is 0. The first-order valence-electron chi connectivity index (χ1n) is 8.10. The maximum absolute atomic E-state index is 13.3. The van der Waals surface area contributed by atoms with E-state index in [-0.39, 0.29) is 18.5 Å². The molecule has 0 radical (unpaired) electrons. The van der Waals surface area contributed by atoms with Gasteiger partial charge in [0.25, 0.3) is 5.91 Å². The predicted molar refractivity (Wildman–Crippen MR) is 94.1 cm³/mol. The van der Waals surface area contributed by atoms with Crippen molar-refractivity contribution in [3.05, 3.63) is 77.9 Å². The molecule has 25 heavy (non-hydrogen) atoms. The average molecular weight is 341 g/mol. The number of rotatable bonds is 5. The van der Waals surface area contributed by atoms with Gasteiger partial charge in [0.05, 0.1) is 0 Å². The summed E-state index contributed by atoms with van der Waals surface area (Å²) < 4.78 is 26.3. The van der Waals surface area contributed by atoms with E-state index in [0.29, 0.717) is 5.56 Å². The van der Waals surface area contributed by atoms with Gasteiger partial charge in [0.1, 0.15) is 6.04 Å². The monoisotopic (exact) mass is 341 g/mol. The van der Waals surface area contributed by atoms with Gasteiger partial charge in [-0.15, -0.1) is 0 Å². The summed E-state index contributed by atoms with van der Waals surface area (Å²) in [5.74, 6) is -1.90. The van der Waals surface area contributed by atoms with Crippen LogP contribution in [0.1, 0.15) is 18.5 Å². The molecule has 0 bridgehead atoms. The third-order valence-electron chi connectivity index (χ3n) is 4.19. The number of quaternary nitrogens is 1. The summed E-state index contributed by atoms with van der Waals surface area (Å²) in [7, 11) is 0. The summed E-state index contributed by atoms with van der Waals surface area (Å²) in [5.41, 5.74) is 1.40. The van der Waals surface area contributed by atoms with E-state index in [4.69, 9.17) is 0 Å². The highest BCUT2D eigenvalue weighted by Crippen LogP contribution is 2.22. The zero-order valence-electron chi connectivity index (χ0n) is 13.8. The Labute approximate surface area is 144 Å². The molecule has 1 atom stereocenters. The van der Waals surface area contributed by atoms with Gasteiger partial charge < -0.3 is 10.6 Å². The molecule has 128 valence electrons. The van der Waals surface area contributed by atoms with Crippen molar-refractivity contribution in [2.75, 3.05) is 11.9 Å². The first-order chi connectivity index (χ1) is 12.0. The number of nitrogens with two attached hydrogens (primary N) is 1. The molecule has 5 heteroatoms. The number of benzene rings is 3. The first-order valence-corrected chi connectivity index (χ1v) is 8.10. The van der Waals surface area contributed by atoms with E-state index in [0.717, 1.165) is 22.5 Å². The molecule has 3 aromatic carbocycles. The van der Waals surface area contributed by atoms with Gasteiger partial charge in [-0.3, -0.25) is 4.79 Å². The van der Waals surface area contributed by atoms with Crippen LogP contribution in [0.15, 0.2) is 60.7 Å². The second-order valence-corrected chi connectivity index (χ2v) is 5.98. The molecule has 0 saturated heterocycles. The van der Waals surface area contributed by atoms with E-state index < -0.39 is 11.6 Å². The largest absolute Gasteiger partial charge is 0.333 e. The minimum absolute atomic E-state index is 0.147. The number of fused-ring (bicyclic) bond motifs is 1. The summed E-state index contributed by atoms with van der Waals surface area (Å²) in [5, 5.41) is 6.73. The second-order valence-electron chi connectivity index (χ2n) is 5.98. The quantitative estimate of drug-likeness (QED) is 0.734. The highest BCUT2D eigenvalue weighted by molar-refractivity contribution is 6.02. The van der Waals surface area contributed by atoms with Gasteiger partial charge in [-0.2, -0.15) is 0 Å². The van der Waals surface area contributed by atoms with Crippen molar-refractivity contribution in [2.45, 2.75) is 13.0 Å². The summed E-state index contributed by atoms with van der Waals surface area (Å²) in [6.07, 6.45) is 0. The lowest BCUT2D eigenvalue weighted by Gasteiger charge is -2.12. The number of anilines is 1. The van der Waals surface area contributed by atoms with Crippen molar-refractivity contribution >= 4 is 22.4 Å². The number of hydrogen-bond acceptors (Lipinski definition) is 1. The Bertz CT molecular complexity index is 906. The molecule has 3 N–H and O–H groups in total. The molecule has 0 fully saturated rings. The Hall–Kier alpha value is -2.79. The van der Waals surface area contributed by atoms with E-state index in [1.807, 2.05) is 49.4 Å². The lowest BCUT2D eigenvalue weighted by Crippen LogP contribution is -2.86.